The molecule has 1 aliphatic heterocycles. The first-order valence-corrected chi connectivity index (χ1v) is 12.1. The quantitative estimate of drug-likeness (QED) is 0.492. The number of aromatic nitrogens is 3. The fraction of sp³-hybridized carbons (Fsp3) is 0.370. The highest BCUT2D eigenvalue weighted by Crippen LogP contribution is 2.19. The molecule has 0 bridgehead atoms. The lowest BCUT2D eigenvalue weighted by Gasteiger charge is -2.31. The predicted octanol–water partition coefficient (Wildman–Crippen LogP) is 2.47. The van der Waals surface area contributed by atoms with Crippen molar-refractivity contribution in [1.82, 2.24) is 19.2 Å². The van der Waals surface area contributed by atoms with Gasteiger partial charge in [0, 0.05) is 13.1 Å². The topological polar surface area (TPSA) is 104 Å². The number of carbonyl (C=O) groups is 2. The van der Waals surface area contributed by atoms with Crippen molar-refractivity contribution in [2.75, 3.05) is 19.7 Å². The Hall–Kier alpha value is -4.01. The number of esters is 1. The Balaban J connectivity index is 1.81. The summed E-state index contributed by atoms with van der Waals surface area (Å²) >= 11 is 0. The Kier molecular flexibility index (Phi) is 7.47. The van der Waals surface area contributed by atoms with Crippen molar-refractivity contribution in [3.8, 4) is 5.69 Å². The minimum absolute atomic E-state index is 0.00243. The summed E-state index contributed by atoms with van der Waals surface area (Å²) in [4.78, 5) is 54.2. The maximum atomic E-state index is 13.6. The van der Waals surface area contributed by atoms with Crippen LogP contribution < -0.4 is 11.2 Å². The molecule has 1 atom stereocenters. The Morgan fingerprint density at radius 3 is 2.42 bits per heavy atom. The van der Waals surface area contributed by atoms with Gasteiger partial charge in [0.15, 0.2) is 0 Å². The van der Waals surface area contributed by atoms with Crippen LogP contribution in [-0.4, -0.2) is 50.8 Å². The summed E-state index contributed by atoms with van der Waals surface area (Å²) in [5, 5.41) is 4.27. The number of hydrogen-bond donors (Lipinski definition) is 0. The van der Waals surface area contributed by atoms with Crippen LogP contribution >= 0.6 is 0 Å². The van der Waals surface area contributed by atoms with Crippen molar-refractivity contribution in [2.45, 2.75) is 40.2 Å². The average molecular weight is 491 g/mol. The molecule has 0 radical (unpaired) electrons. The number of rotatable bonds is 6. The summed E-state index contributed by atoms with van der Waals surface area (Å²) in [6.07, 6.45) is 1.21. The van der Waals surface area contributed by atoms with Gasteiger partial charge in [0.1, 0.15) is 0 Å². The van der Waals surface area contributed by atoms with Crippen LogP contribution in [0.2, 0.25) is 0 Å². The summed E-state index contributed by atoms with van der Waals surface area (Å²) in [6.45, 7) is 6.32. The molecule has 1 saturated heterocycles. The number of carbonyl (C=O) groups excluding carboxylic acids is 2. The molecule has 1 aliphatic rings. The second kappa shape index (κ2) is 10.7. The van der Waals surface area contributed by atoms with Gasteiger partial charge in [-0.2, -0.15) is 9.78 Å². The zero-order valence-electron chi connectivity index (χ0n) is 20.8. The molecular weight excluding hydrogens is 460 g/mol. The van der Waals surface area contributed by atoms with Crippen molar-refractivity contribution in [3.05, 3.63) is 91.8 Å². The molecule has 188 valence electrons. The third-order valence-corrected chi connectivity index (χ3v) is 6.23. The minimum atomic E-state index is -0.757. The first-order chi connectivity index (χ1) is 17.3. The highest BCUT2D eigenvalue weighted by molar-refractivity contribution is 5.92. The van der Waals surface area contributed by atoms with Gasteiger partial charge in [0.2, 0.25) is 5.69 Å². The van der Waals surface area contributed by atoms with E-state index in [4.69, 9.17) is 4.74 Å². The number of nitrogens with zero attached hydrogens (tertiary/aromatic N) is 4. The molecule has 0 N–H and O–H groups in total. The van der Waals surface area contributed by atoms with Gasteiger partial charge in [0.05, 0.1) is 24.8 Å². The molecule has 2 heterocycles. The molecular formula is C27H30N4O5. The van der Waals surface area contributed by atoms with Gasteiger partial charge >= 0.3 is 11.7 Å². The van der Waals surface area contributed by atoms with E-state index in [0.717, 1.165) is 25.9 Å². The maximum absolute atomic E-state index is 13.6. The van der Waals surface area contributed by atoms with E-state index in [1.807, 2.05) is 50.2 Å². The number of benzene rings is 2. The lowest BCUT2D eigenvalue weighted by Crippen LogP contribution is -2.49. The summed E-state index contributed by atoms with van der Waals surface area (Å²) in [6, 6.07) is 14.6. The number of aryl methyl sites for hydroxylation is 2. The van der Waals surface area contributed by atoms with E-state index in [2.05, 4.69) is 5.10 Å². The number of amides is 1. The standard InChI is InChI=1S/C27H30N4O5/c1-4-36-26(34)21-11-8-12-29(17-21)24(32)23-25(33)30(16-20-9-6-5-7-10-20)27(35)31(28-23)22-14-18(2)13-19(3)15-22/h5-7,9-10,13-15,21H,4,8,11-12,16-17H2,1-3H3/t21-/m1/s1. The molecule has 1 amide bonds. The molecule has 9 heteroatoms. The second-order valence-corrected chi connectivity index (χ2v) is 9.11. The van der Waals surface area contributed by atoms with Gasteiger partial charge in [-0.05, 0) is 62.4 Å². The third-order valence-electron chi connectivity index (χ3n) is 6.23. The molecule has 2 aromatic carbocycles. The van der Waals surface area contributed by atoms with Crippen molar-refractivity contribution in [1.29, 1.82) is 0 Å². The first-order valence-electron chi connectivity index (χ1n) is 12.1. The van der Waals surface area contributed by atoms with Crippen LogP contribution in [0.4, 0.5) is 0 Å². The van der Waals surface area contributed by atoms with Crippen molar-refractivity contribution < 1.29 is 14.3 Å². The molecule has 0 spiro atoms. The molecule has 36 heavy (non-hydrogen) atoms. The molecule has 9 nitrogen and oxygen atoms in total. The van der Waals surface area contributed by atoms with E-state index in [9.17, 15) is 19.2 Å². The Morgan fingerprint density at radius 2 is 1.75 bits per heavy atom. The molecule has 3 aromatic rings. The van der Waals surface area contributed by atoms with Crippen molar-refractivity contribution in [2.24, 2.45) is 5.92 Å². The van der Waals surface area contributed by atoms with Crippen LogP contribution in [0.15, 0.2) is 58.1 Å². The van der Waals surface area contributed by atoms with Crippen molar-refractivity contribution >= 4 is 11.9 Å². The van der Waals surface area contributed by atoms with E-state index in [1.165, 1.54) is 4.90 Å². The highest BCUT2D eigenvalue weighted by atomic mass is 16.5. The van der Waals surface area contributed by atoms with Gasteiger partial charge in [-0.1, -0.05) is 36.4 Å². The molecule has 4 rings (SSSR count). The number of ether oxygens (including phenoxy) is 1. The average Bonchev–Trinajstić information content (AvgIpc) is 2.86. The number of hydrogen-bond acceptors (Lipinski definition) is 6. The van der Waals surface area contributed by atoms with Crippen LogP contribution in [0.1, 0.15) is 46.9 Å². The SMILES string of the molecule is CCOC(=O)[C@@H]1CCCN(C(=O)c2nn(-c3cc(C)cc(C)c3)c(=O)n(Cc3ccccc3)c2=O)C1. The highest BCUT2D eigenvalue weighted by Gasteiger charge is 2.32. The Morgan fingerprint density at radius 1 is 1.06 bits per heavy atom. The number of piperidine rings is 1. The molecule has 1 fully saturated rings. The Labute approximate surface area is 208 Å². The minimum Gasteiger partial charge on any atom is -0.466 e. The molecule has 0 saturated carbocycles. The van der Waals surface area contributed by atoms with E-state index < -0.39 is 23.1 Å². The first kappa shape index (κ1) is 25.1. The molecule has 1 aromatic heterocycles. The van der Waals surface area contributed by atoms with Crippen LogP contribution in [0.5, 0.6) is 0 Å². The number of likely N-dealkylation sites (tertiary alicyclic amines) is 1. The second-order valence-electron chi connectivity index (χ2n) is 9.11. The maximum Gasteiger partial charge on any atom is 0.352 e. The zero-order valence-corrected chi connectivity index (χ0v) is 20.8. The van der Waals surface area contributed by atoms with E-state index >= 15 is 0 Å². The van der Waals surface area contributed by atoms with E-state index in [0.29, 0.717) is 25.1 Å². The summed E-state index contributed by atoms with van der Waals surface area (Å²) < 4.78 is 7.29. The van der Waals surface area contributed by atoms with Crippen molar-refractivity contribution in [3.63, 3.8) is 0 Å². The molecule has 0 aliphatic carbocycles. The summed E-state index contributed by atoms with van der Waals surface area (Å²) in [7, 11) is 0. The van der Waals surface area contributed by atoms with E-state index in [1.54, 1.807) is 19.1 Å². The lowest BCUT2D eigenvalue weighted by atomic mass is 9.98. The van der Waals surface area contributed by atoms with E-state index in [-0.39, 0.29) is 31.4 Å². The largest absolute Gasteiger partial charge is 0.466 e. The van der Waals surface area contributed by atoms with Crippen LogP contribution in [0, 0.1) is 19.8 Å². The Bertz CT molecular complexity index is 1370. The van der Waals surface area contributed by atoms with Gasteiger partial charge in [0.25, 0.3) is 11.5 Å². The van der Waals surface area contributed by atoms with Gasteiger partial charge in [-0.3, -0.25) is 19.0 Å². The molecule has 0 unspecified atom stereocenters. The normalized spacial score (nSPS) is 15.5. The lowest BCUT2D eigenvalue weighted by molar-refractivity contribution is -0.149. The van der Waals surface area contributed by atoms with Crippen LogP contribution in [0.3, 0.4) is 0 Å². The monoisotopic (exact) mass is 490 g/mol. The smallest absolute Gasteiger partial charge is 0.352 e. The summed E-state index contributed by atoms with van der Waals surface area (Å²) in [5.74, 6) is -1.42. The van der Waals surface area contributed by atoms with Crippen LogP contribution in [-0.2, 0) is 16.1 Å². The fourth-order valence-corrected chi connectivity index (χ4v) is 4.56. The van der Waals surface area contributed by atoms with Gasteiger partial charge in [-0.25, -0.2) is 4.79 Å². The van der Waals surface area contributed by atoms with Gasteiger partial charge in [-0.15, -0.1) is 0 Å². The summed E-state index contributed by atoms with van der Waals surface area (Å²) in [5.41, 5.74) is 1.31. The zero-order chi connectivity index (χ0) is 25.8. The fourth-order valence-electron chi connectivity index (χ4n) is 4.56. The third kappa shape index (κ3) is 5.30. The predicted molar refractivity (Wildman–Crippen MR) is 134 cm³/mol. The van der Waals surface area contributed by atoms with Gasteiger partial charge < -0.3 is 9.64 Å². The van der Waals surface area contributed by atoms with Crippen LogP contribution in [0.25, 0.3) is 5.69 Å².